The molecule has 0 saturated heterocycles. The lowest BCUT2D eigenvalue weighted by molar-refractivity contribution is 0.295. The van der Waals surface area contributed by atoms with E-state index in [1.54, 1.807) is 12.3 Å². The van der Waals surface area contributed by atoms with Crippen LogP contribution in [0.3, 0.4) is 0 Å². The zero-order chi connectivity index (χ0) is 14.1. The molecule has 1 rings (SSSR count). The molecule has 1 aromatic rings. The van der Waals surface area contributed by atoms with Gasteiger partial charge >= 0.3 is 0 Å². The molecule has 104 valence electrons. The Bertz CT molecular complexity index is 390. The minimum atomic E-state index is 0.422. The van der Waals surface area contributed by atoms with Gasteiger partial charge in [-0.25, -0.2) is 4.98 Å². The summed E-state index contributed by atoms with van der Waals surface area (Å²) in [6.07, 6.45) is 4.05. The van der Waals surface area contributed by atoms with Crippen molar-refractivity contribution in [2.75, 3.05) is 25.0 Å². The Hall–Kier alpha value is -1.60. The predicted octanol–water partition coefficient (Wildman–Crippen LogP) is 2.88. The summed E-state index contributed by atoms with van der Waals surface area (Å²) in [6, 6.07) is 6.09. The third-order valence-corrected chi connectivity index (χ3v) is 3.30. The first-order chi connectivity index (χ1) is 9.19. The van der Waals surface area contributed by atoms with Crippen LogP contribution in [-0.4, -0.2) is 35.6 Å². The summed E-state index contributed by atoms with van der Waals surface area (Å²) >= 11 is 0. The van der Waals surface area contributed by atoms with Crippen LogP contribution in [0.5, 0.6) is 0 Å². The van der Waals surface area contributed by atoms with Gasteiger partial charge in [-0.15, -0.1) is 0 Å². The topological polar surface area (TPSA) is 52.0 Å². The molecule has 0 aromatic carbocycles. The standard InChI is InChI=1S/C15H24N4/c1-4-19(5-2)10-6-7-13(3)18-15-9-8-14(11-16)17-12-15/h8-9,12-13,18H,4-7,10H2,1-3H3. The summed E-state index contributed by atoms with van der Waals surface area (Å²) in [6.45, 7) is 9.99. The van der Waals surface area contributed by atoms with Gasteiger partial charge in [0.05, 0.1) is 11.9 Å². The highest BCUT2D eigenvalue weighted by molar-refractivity contribution is 5.43. The Morgan fingerprint density at radius 3 is 2.63 bits per heavy atom. The largest absolute Gasteiger partial charge is 0.381 e. The summed E-state index contributed by atoms with van der Waals surface area (Å²) in [5, 5.41) is 12.1. The van der Waals surface area contributed by atoms with Crippen LogP contribution in [0, 0.1) is 11.3 Å². The van der Waals surface area contributed by atoms with Crippen LogP contribution < -0.4 is 5.32 Å². The van der Waals surface area contributed by atoms with E-state index in [0.717, 1.165) is 31.7 Å². The van der Waals surface area contributed by atoms with Gasteiger partial charge in [-0.05, 0) is 51.5 Å². The van der Waals surface area contributed by atoms with Gasteiger partial charge in [0.2, 0.25) is 0 Å². The minimum absolute atomic E-state index is 0.422. The van der Waals surface area contributed by atoms with Crippen molar-refractivity contribution in [2.45, 2.75) is 39.7 Å². The Morgan fingerprint density at radius 1 is 1.37 bits per heavy atom. The van der Waals surface area contributed by atoms with Crippen LogP contribution in [0.2, 0.25) is 0 Å². The average Bonchev–Trinajstić information content (AvgIpc) is 2.44. The number of rotatable bonds is 8. The van der Waals surface area contributed by atoms with E-state index < -0.39 is 0 Å². The van der Waals surface area contributed by atoms with Crippen LogP contribution in [0.4, 0.5) is 5.69 Å². The van der Waals surface area contributed by atoms with Crippen molar-refractivity contribution in [1.29, 1.82) is 5.26 Å². The molecule has 0 spiro atoms. The van der Waals surface area contributed by atoms with E-state index in [9.17, 15) is 0 Å². The maximum Gasteiger partial charge on any atom is 0.140 e. The molecule has 1 atom stereocenters. The number of anilines is 1. The molecule has 0 fully saturated rings. The van der Waals surface area contributed by atoms with Gasteiger partial charge in [-0.1, -0.05) is 13.8 Å². The normalized spacial score (nSPS) is 12.2. The van der Waals surface area contributed by atoms with Gasteiger partial charge in [0.1, 0.15) is 11.8 Å². The highest BCUT2D eigenvalue weighted by atomic mass is 15.1. The third kappa shape index (κ3) is 5.71. The Kier molecular flexibility index (Phi) is 6.91. The molecule has 0 aliphatic rings. The lowest BCUT2D eigenvalue weighted by Gasteiger charge is -2.20. The lowest BCUT2D eigenvalue weighted by atomic mass is 10.1. The Balaban J connectivity index is 2.30. The summed E-state index contributed by atoms with van der Waals surface area (Å²) in [7, 11) is 0. The van der Waals surface area contributed by atoms with Gasteiger partial charge in [0.25, 0.3) is 0 Å². The maximum atomic E-state index is 8.69. The number of nitrogens with zero attached hydrogens (tertiary/aromatic N) is 3. The van der Waals surface area contributed by atoms with E-state index in [1.807, 2.05) is 12.1 Å². The fourth-order valence-electron chi connectivity index (χ4n) is 2.06. The molecule has 0 radical (unpaired) electrons. The van der Waals surface area contributed by atoms with E-state index in [0.29, 0.717) is 11.7 Å². The van der Waals surface area contributed by atoms with Gasteiger partial charge in [0.15, 0.2) is 0 Å². The minimum Gasteiger partial charge on any atom is -0.381 e. The highest BCUT2D eigenvalue weighted by Gasteiger charge is 2.04. The third-order valence-electron chi connectivity index (χ3n) is 3.30. The molecular formula is C15H24N4. The van der Waals surface area contributed by atoms with Crippen LogP contribution in [-0.2, 0) is 0 Å². The zero-order valence-corrected chi connectivity index (χ0v) is 12.2. The van der Waals surface area contributed by atoms with Gasteiger partial charge in [-0.3, -0.25) is 0 Å². The van der Waals surface area contributed by atoms with Crippen LogP contribution in [0.1, 0.15) is 39.3 Å². The van der Waals surface area contributed by atoms with Crippen molar-refractivity contribution in [3.05, 3.63) is 24.0 Å². The van der Waals surface area contributed by atoms with Crippen molar-refractivity contribution in [3.63, 3.8) is 0 Å². The van der Waals surface area contributed by atoms with E-state index in [1.165, 1.54) is 6.42 Å². The number of nitriles is 1. The first kappa shape index (κ1) is 15.5. The predicted molar refractivity (Wildman–Crippen MR) is 79.1 cm³/mol. The number of pyridine rings is 1. The summed E-state index contributed by atoms with van der Waals surface area (Å²) in [5.41, 5.74) is 1.44. The van der Waals surface area contributed by atoms with Crippen LogP contribution >= 0.6 is 0 Å². The molecule has 1 N–H and O–H groups in total. The number of nitrogens with one attached hydrogen (secondary N) is 1. The molecule has 0 saturated carbocycles. The van der Waals surface area contributed by atoms with E-state index in [-0.39, 0.29) is 0 Å². The molecule has 1 aromatic heterocycles. The van der Waals surface area contributed by atoms with Gasteiger partial charge in [0, 0.05) is 6.04 Å². The quantitative estimate of drug-likeness (QED) is 0.781. The summed E-state index contributed by atoms with van der Waals surface area (Å²) in [4.78, 5) is 6.49. The molecule has 0 aliphatic carbocycles. The molecule has 1 heterocycles. The van der Waals surface area contributed by atoms with Crippen molar-refractivity contribution < 1.29 is 0 Å². The van der Waals surface area contributed by atoms with Crippen molar-refractivity contribution in [1.82, 2.24) is 9.88 Å². The van der Waals surface area contributed by atoms with Gasteiger partial charge < -0.3 is 10.2 Å². The fourth-order valence-corrected chi connectivity index (χ4v) is 2.06. The second kappa shape index (κ2) is 8.49. The highest BCUT2D eigenvalue weighted by Crippen LogP contribution is 2.10. The molecule has 4 nitrogen and oxygen atoms in total. The van der Waals surface area contributed by atoms with Crippen molar-refractivity contribution in [2.24, 2.45) is 0 Å². The average molecular weight is 260 g/mol. The second-order valence-electron chi connectivity index (χ2n) is 4.76. The Morgan fingerprint density at radius 2 is 2.11 bits per heavy atom. The smallest absolute Gasteiger partial charge is 0.140 e. The molecule has 1 unspecified atom stereocenters. The molecule has 0 amide bonds. The number of hydrogen-bond donors (Lipinski definition) is 1. The van der Waals surface area contributed by atoms with E-state index in [2.05, 4.69) is 36.0 Å². The Labute approximate surface area is 116 Å². The SMILES string of the molecule is CCN(CC)CCCC(C)Nc1ccc(C#N)nc1. The van der Waals surface area contributed by atoms with E-state index >= 15 is 0 Å². The van der Waals surface area contributed by atoms with E-state index in [4.69, 9.17) is 5.26 Å². The molecular weight excluding hydrogens is 236 g/mol. The maximum absolute atomic E-state index is 8.69. The first-order valence-electron chi connectivity index (χ1n) is 7.04. The molecule has 0 bridgehead atoms. The van der Waals surface area contributed by atoms with Crippen LogP contribution in [0.15, 0.2) is 18.3 Å². The molecule has 19 heavy (non-hydrogen) atoms. The van der Waals surface area contributed by atoms with Crippen molar-refractivity contribution >= 4 is 5.69 Å². The molecule has 4 heteroatoms. The zero-order valence-electron chi connectivity index (χ0n) is 12.2. The van der Waals surface area contributed by atoms with Gasteiger partial charge in [-0.2, -0.15) is 5.26 Å². The number of aromatic nitrogens is 1. The summed E-state index contributed by atoms with van der Waals surface area (Å²) < 4.78 is 0. The second-order valence-corrected chi connectivity index (χ2v) is 4.76. The summed E-state index contributed by atoms with van der Waals surface area (Å²) in [5.74, 6) is 0. The lowest BCUT2D eigenvalue weighted by Crippen LogP contribution is -2.25. The molecule has 0 aliphatic heterocycles. The van der Waals surface area contributed by atoms with Crippen molar-refractivity contribution in [3.8, 4) is 6.07 Å². The first-order valence-corrected chi connectivity index (χ1v) is 7.04. The number of hydrogen-bond acceptors (Lipinski definition) is 4. The fraction of sp³-hybridized carbons (Fsp3) is 0.600. The monoisotopic (exact) mass is 260 g/mol. The van der Waals surface area contributed by atoms with Crippen LogP contribution in [0.25, 0.3) is 0 Å².